The fourth-order valence-corrected chi connectivity index (χ4v) is 0.500. The van der Waals surface area contributed by atoms with Gasteiger partial charge in [-0.3, -0.25) is 4.79 Å². The molecule has 0 rings (SSSR count). The van der Waals surface area contributed by atoms with E-state index < -0.39 is 0 Å². The zero-order valence-corrected chi connectivity index (χ0v) is 7.22. The van der Waals surface area contributed by atoms with Crippen LogP contribution in [0, 0.1) is 0 Å². The minimum atomic E-state index is -0.254. The van der Waals surface area contributed by atoms with E-state index in [1.54, 1.807) is 7.11 Å². The van der Waals surface area contributed by atoms with Crippen molar-refractivity contribution in [3.8, 4) is 0 Å². The van der Waals surface area contributed by atoms with Crippen molar-refractivity contribution in [2.75, 3.05) is 20.3 Å². The molecule has 0 heterocycles. The minimum Gasteiger partial charge on any atom is -0.461 e. The molecule has 0 atom stereocenters. The summed E-state index contributed by atoms with van der Waals surface area (Å²) in [6.07, 6.45) is 1.88. The number of rotatable bonds is 4. The zero-order chi connectivity index (χ0) is 8.69. The number of methoxy groups -OCH3 is 1. The van der Waals surface area contributed by atoms with E-state index in [2.05, 4.69) is 0 Å². The Balaban J connectivity index is 3.50. The first-order chi connectivity index (χ1) is 5.16. The second-order valence-corrected chi connectivity index (χ2v) is 2.29. The number of ether oxygens (including phenoxy) is 2. The van der Waals surface area contributed by atoms with E-state index in [1.807, 2.05) is 13.0 Å². The first-order valence-electron chi connectivity index (χ1n) is 3.44. The average molecular weight is 158 g/mol. The second kappa shape index (κ2) is 5.92. The Bertz CT molecular complexity index is 149. The van der Waals surface area contributed by atoms with Crippen molar-refractivity contribution in [3.63, 3.8) is 0 Å². The second-order valence-electron chi connectivity index (χ2n) is 2.29. The smallest absolute Gasteiger partial charge is 0.302 e. The third-order valence-electron chi connectivity index (χ3n) is 1.10. The summed E-state index contributed by atoms with van der Waals surface area (Å²) in [5.41, 5.74) is 1.00. The molecule has 0 radical (unpaired) electrons. The summed E-state index contributed by atoms with van der Waals surface area (Å²) in [4.78, 5) is 10.3. The van der Waals surface area contributed by atoms with Crippen LogP contribution in [0.25, 0.3) is 0 Å². The molecular weight excluding hydrogens is 144 g/mol. The molecule has 0 fully saturated rings. The summed E-state index contributed by atoms with van der Waals surface area (Å²) in [7, 11) is 1.62. The van der Waals surface area contributed by atoms with E-state index in [0.29, 0.717) is 13.2 Å². The van der Waals surface area contributed by atoms with Gasteiger partial charge in [0.2, 0.25) is 0 Å². The van der Waals surface area contributed by atoms with Crippen molar-refractivity contribution in [2.45, 2.75) is 13.8 Å². The van der Waals surface area contributed by atoms with Crippen molar-refractivity contribution in [1.29, 1.82) is 0 Å². The molecule has 0 unspecified atom stereocenters. The van der Waals surface area contributed by atoms with Crippen LogP contribution in [0.3, 0.4) is 0 Å². The Hall–Kier alpha value is -0.830. The first-order valence-corrected chi connectivity index (χ1v) is 3.44. The fourth-order valence-electron chi connectivity index (χ4n) is 0.500. The highest BCUT2D eigenvalue weighted by atomic mass is 16.5. The topological polar surface area (TPSA) is 35.5 Å². The van der Waals surface area contributed by atoms with E-state index in [4.69, 9.17) is 9.47 Å². The first kappa shape index (κ1) is 10.2. The maximum atomic E-state index is 10.3. The van der Waals surface area contributed by atoms with Crippen LogP contribution in [-0.4, -0.2) is 26.3 Å². The predicted molar refractivity (Wildman–Crippen MR) is 42.3 cm³/mol. The number of hydrogen-bond donors (Lipinski definition) is 0. The molecule has 0 bridgehead atoms. The van der Waals surface area contributed by atoms with Crippen LogP contribution >= 0.6 is 0 Å². The van der Waals surface area contributed by atoms with Crippen LogP contribution in [0.15, 0.2) is 11.6 Å². The van der Waals surface area contributed by atoms with Crippen molar-refractivity contribution in [1.82, 2.24) is 0 Å². The maximum Gasteiger partial charge on any atom is 0.302 e. The number of carbonyl (C=O) groups is 1. The third-order valence-corrected chi connectivity index (χ3v) is 1.10. The molecule has 0 aliphatic heterocycles. The summed E-state index contributed by atoms with van der Waals surface area (Å²) in [6.45, 7) is 4.21. The number of carbonyl (C=O) groups excluding carboxylic acids is 1. The number of hydrogen-bond acceptors (Lipinski definition) is 3. The average Bonchev–Trinajstić information content (AvgIpc) is 1.97. The molecule has 0 spiro atoms. The molecule has 0 aromatic heterocycles. The Morgan fingerprint density at radius 1 is 1.45 bits per heavy atom. The lowest BCUT2D eigenvalue weighted by Crippen LogP contribution is -2.01. The number of esters is 1. The molecule has 0 saturated heterocycles. The molecule has 3 nitrogen and oxygen atoms in total. The van der Waals surface area contributed by atoms with Gasteiger partial charge >= 0.3 is 5.97 Å². The van der Waals surface area contributed by atoms with E-state index >= 15 is 0 Å². The lowest BCUT2D eigenvalue weighted by molar-refractivity contribution is -0.139. The lowest BCUT2D eigenvalue weighted by Gasteiger charge is -2.00. The third kappa shape index (κ3) is 7.06. The summed E-state index contributed by atoms with van der Waals surface area (Å²) in [5.74, 6) is -0.254. The predicted octanol–water partition coefficient (Wildman–Crippen LogP) is 1.14. The molecule has 11 heavy (non-hydrogen) atoms. The monoisotopic (exact) mass is 158 g/mol. The summed E-state index contributed by atoms with van der Waals surface area (Å²) in [5, 5.41) is 0. The van der Waals surface area contributed by atoms with Gasteiger partial charge < -0.3 is 9.47 Å². The van der Waals surface area contributed by atoms with E-state index in [9.17, 15) is 4.79 Å². The van der Waals surface area contributed by atoms with Gasteiger partial charge in [-0.1, -0.05) is 6.08 Å². The van der Waals surface area contributed by atoms with Gasteiger partial charge in [-0.2, -0.15) is 0 Å². The molecule has 0 aromatic rings. The van der Waals surface area contributed by atoms with Gasteiger partial charge in [0.15, 0.2) is 0 Å². The van der Waals surface area contributed by atoms with E-state index in [0.717, 1.165) is 5.57 Å². The highest BCUT2D eigenvalue weighted by Crippen LogP contribution is 1.93. The fraction of sp³-hybridized carbons (Fsp3) is 0.625. The van der Waals surface area contributed by atoms with Gasteiger partial charge in [0.05, 0.1) is 6.61 Å². The molecule has 64 valence electrons. The highest BCUT2D eigenvalue weighted by Gasteiger charge is 1.92. The van der Waals surface area contributed by atoms with Gasteiger partial charge in [0, 0.05) is 14.0 Å². The van der Waals surface area contributed by atoms with Crippen LogP contribution in [0.1, 0.15) is 13.8 Å². The van der Waals surface area contributed by atoms with Crippen LogP contribution < -0.4 is 0 Å². The molecule has 0 N–H and O–H groups in total. The van der Waals surface area contributed by atoms with E-state index in [-0.39, 0.29) is 5.97 Å². The quantitative estimate of drug-likeness (QED) is 0.454. The molecular formula is C8H14O3. The minimum absolute atomic E-state index is 0.254. The van der Waals surface area contributed by atoms with Gasteiger partial charge in [-0.25, -0.2) is 0 Å². The van der Waals surface area contributed by atoms with Crippen molar-refractivity contribution >= 4 is 5.97 Å². The van der Waals surface area contributed by atoms with Crippen LogP contribution in [0.2, 0.25) is 0 Å². The standard InChI is InChI=1S/C8H14O3/c1-7(4-5-10-3)6-11-8(2)9/h4H,5-6H2,1-3H3/b7-4+. The Morgan fingerprint density at radius 3 is 2.55 bits per heavy atom. The van der Waals surface area contributed by atoms with Gasteiger partial charge in [0.25, 0.3) is 0 Å². The molecule has 0 aliphatic rings. The summed E-state index contributed by atoms with van der Waals surface area (Å²) in [6, 6.07) is 0. The summed E-state index contributed by atoms with van der Waals surface area (Å²) < 4.78 is 9.54. The van der Waals surface area contributed by atoms with Crippen molar-refractivity contribution in [3.05, 3.63) is 11.6 Å². The van der Waals surface area contributed by atoms with Crippen molar-refractivity contribution in [2.24, 2.45) is 0 Å². The van der Waals surface area contributed by atoms with Gasteiger partial charge in [0.1, 0.15) is 6.61 Å². The Kier molecular flexibility index (Phi) is 5.47. The largest absolute Gasteiger partial charge is 0.461 e. The zero-order valence-electron chi connectivity index (χ0n) is 7.22. The molecule has 0 aromatic carbocycles. The Morgan fingerprint density at radius 2 is 2.09 bits per heavy atom. The molecule has 3 heteroatoms. The lowest BCUT2D eigenvalue weighted by atomic mass is 10.3. The molecule has 0 aliphatic carbocycles. The van der Waals surface area contributed by atoms with Crippen LogP contribution in [0.5, 0.6) is 0 Å². The van der Waals surface area contributed by atoms with E-state index in [1.165, 1.54) is 6.92 Å². The van der Waals surface area contributed by atoms with Crippen molar-refractivity contribution < 1.29 is 14.3 Å². The van der Waals surface area contributed by atoms with Gasteiger partial charge in [-0.15, -0.1) is 0 Å². The highest BCUT2D eigenvalue weighted by molar-refractivity contribution is 5.66. The van der Waals surface area contributed by atoms with Crippen LogP contribution in [-0.2, 0) is 14.3 Å². The van der Waals surface area contributed by atoms with Gasteiger partial charge in [-0.05, 0) is 12.5 Å². The normalized spacial score (nSPS) is 11.4. The SMILES string of the molecule is COC/C=C(\C)COC(C)=O. The maximum absolute atomic E-state index is 10.3. The summed E-state index contributed by atoms with van der Waals surface area (Å²) >= 11 is 0. The molecule has 0 amide bonds. The Labute approximate surface area is 67.0 Å². The molecule has 0 saturated carbocycles. The van der Waals surface area contributed by atoms with Crippen LogP contribution in [0.4, 0.5) is 0 Å².